The van der Waals surface area contributed by atoms with Gasteiger partial charge in [-0.25, -0.2) is 0 Å². The Bertz CT molecular complexity index is 1190. The quantitative estimate of drug-likeness (QED) is 0.341. The van der Waals surface area contributed by atoms with Crippen LogP contribution in [0.5, 0.6) is 11.5 Å². The van der Waals surface area contributed by atoms with Gasteiger partial charge in [-0.3, -0.25) is 14.0 Å². The average Bonchev–Trinajstić information content (AvgIpc) is 3.10. The highest BCUT2D eigenvalue weighted by Gasteiger charge is 2.13. The van der Waals surface area contributed by atoms with Crippen molar-refractivity contribution in [2.24, 2.45) is 5.14 Å². The SMILES string of the molecule is COc1ccc(Cc2c3cc(N)ccc3nn2Cc2ccc(OC)cc2)cc1.NS(=O)[O-]. The van der Waals surface area contributed by atoms with E-state index >= 15 is 0 Å². The van der Waals surface area contributed by atoms with Gasteiger partial charge in [-0.2, -0.15) is 5.10 Å². The minimum atomic E-state index is -2.36. The molecule has 8 nitrogen and oxygen atoms in total. The van der Waals surface area contributed by atoms with Crippen molar-refractivity contribution in [3.63, 3.8) is 0 Å². The molecule has 1 unspecified atom stereocenters. The number of nitrogens with two attached hydrogens (primary N) is 2. The van der Waals surface area contributed by atoms with Crippen LogP contribution >= 0.6 is 0 Å². The Kier molecular flexibility index (Phi) is 7.82. The largest absolute Gasteiger partial charge is 0.760 e. The maximum atomic E-state index is 8.78. The number of hydrogen-bond acceptors (Lipinski definition) is 6. The molecule has 9 heteroatoms. The van der Waals surface area contributed by atoms with Gasteiger partial charge in [0.15, 0.2) is 0 Å². The number of fused-ring (bicyclic) bond motifs is 1. The third-order valence-corrected chi connectivity index (χ3v) is 4.89. The lowest BCUT2D eigenvalue weighted by atomic mass is 10.1. The monoisotopic (exact) mass is 453 g/mol. The Hall–Kier alpha value is -3.40. The molecule has 1 heterocycles. The van der Waals surface area contributed by atoms with E-state index < -0.39 is 11.3 Å². The molecule has 0 aliphatic heterocycles. The summed E-state index contributed by atoms with van der Waals surface area (Å²) in [6.07, 6.45) is 0.764. The molecule has 4 rings (SSSR count). The van der Waals surface area contributed by atoms with Gasteiger partial charge in [-0.15, -0.1) is 0 Å². The first-order valence-corrected chi connectivity index (χ1v) is 10.9. The number of aromatic nitrogens is 2. The molecular formula is C23H25N4O4S-. The zero-order valence-corrected chi connectivity index (χ0v) is 18.7. The van der Waals surface area contributed by atoms with Crippen LogP contribution in [0.4, 0.5) is 5.69 Å². The summed E-state index contributed by atoms with van der Waals surface area (Å²) in [6, 6.07) is 22.1. The van der Waals surface area contributed by atoms with Crippen molar-refractivity contribution in [3.05, 3.63) is 83.6 Å². The summed E-state index contributed by atoms with van der Waals surface area (Å²) in [5, 5.41) is 9.94. The first kappa shape index (κ1) is 23.3. The maximum absolute atomic E-state index is 8.78. The number of nitrogen functional groups attached to an aromatic ring is 1. The minimum absolute atomic E-state index is 0.685. The van der Waals surface area contributed by atoms with Gasteiger partial charge in [0.25, 0.3) is 0 Å². The molecule has 0 bridgehead atoms. The predicted molar refractivity (Wildman–Crippen MR) is 125 cm³/mol. The third kappa shape index (κ3) is 6.07. The number of rotatable bonds is 6. The van der Waals surface area contributed by atoms with Crippen molar-refractivity contribution in [2.45, 2.75) is 13.0 Å². The second-order valence-electron chi connectivity index (χ2n) is 7.01. The summed E-state index contributed by atoms with van der Waals surface area (Å²) in [7, 11) is 3.35. The van der Waals surface area contributed by atoms with Crippen LogP contribution in [-0.4, -0.2) is 32.8 Å². The molecule has 4 aromatic rings. The molecule has 3 aromatic carbocycles. The van der Waals surface area contributed by atoms with E-state index in [9.17, 15) is 0 Å². The van der Waals surface area contributed by atoms with E-state index in [0.717, 1.165) is 45.8 Å². The molecular weight excluding hydrogens is 428 g/mol. The first-order valence-electron chi connectivity index (χ1n) is 9.74. The van der Waals surface area contributed by atoms with E-state index in [-0.39, 0.29) is 0 Å². The summed E-state index contributed by atoms with van der Waals surface area (Å²) in [5.74, 6) is 1.70. The smallest absolute Gasteiger partial charge is 0.118 e. The summed E-state index contributed by atoms with van der Waals surface area (Å²) >= 11 is -2.36. The highest BCUT2D eigenvalue weighted by molar-refractivity contribution is 7.76. The van der Waals surface area contributed by atoms with Crippen molar-refractivity contribution in [1.82, 2.24) is 9.78 Å². The number of benzene rings is 3. The van der Waals surface area contributed by atoms with E-state index in [1.807, 2.05) is 42.5 Å². The highest BCUT2D eigenvalue weighted by atomic mass is 32.2. The number of anilines is 1. The van der Waals surface area contributed by atoms with Gasteiger partial charge in [0.05, 0.1) is 32.0 Å². The minimum Gasteiger partial charge on any atom is -0.760 e. The molecule has 0 spiro atoms. The van der Waals surface area contributed by atoms with Crippen molar-refractivity contribution in [2.75, 3.05) is 20.0 Å². The summed E-state index contributed by atoms with van der Waals surface area (Å²) in [6.45, 7) is 0.685. The molecule has 0 aliphatic rings. The van der Waals surface area contributed by atoms with Gasteiger partial charge < -0.3 is 19.8 Å². The Balaban J connectivity index is 0.000000668. The highest BCUT2D eigenvalue weighted by Crippen LogP contribution is 2.25. The number of methoxy groups -OCH3 is 2. The Morgan fingerprint density at radius 1 is 0.938 bits per heavy atom. The van der Waals surface area contributed by atoms with Crippen molar-refractivity contribution in [3.8, 4) is 11.5 Å². The van der Waals surface area contributed by atoms with Crippen LogP contribution in [0, 0.1) is 0 Å². The van der Waals surface area contributed by atoms with Crippen LogP contribution < -0.4 is 20.3 Å². The van der Waals surface area contributed by atoms with Crippen molar-refractivity contribution < 1.29 is 18.2 Å². The van der Waals surface area contributed by atoms with Gasteiger partial charge >= 0.3 is 0 Å². The fraction of sp³-hybridized carbons (Fsp3) is 0.174. The van der Waals surface area contributed by atoms with Crippen LogP contribution in [-0.2, 0) is 24.2 Å². The summed E-state index contributed by atoms with van der Waals surface area (Å²) in [5.41, 5.74) is 11.2. The average molecular weight is 454 g/mol. The standard InChI is InChI=1S/C23H23N3O2.H3NO2S/c1-27-19-8-3-16(4-9-19)13-23-21-14-18(24)7-12-22(21)25-26(23)15-17-5-10-20(28-2)11-6-17;1-4(2)3/h3-12,14H,13,15,24H2,1-2H3;1H2,(H,2,3)/p-1. The lowest BCUT2D eigenvalue weighted by Gasteiger charge is -2.10. The molecule has 0 radical (unpaired) electrons. The number of hydrogen-bond donors (Lipinski definition) is 2. The van der Waals surface area contributed by atoms with Gasteiger partial charge in [-0.05, 0) is 53.6 Å². The van der Waals surface area contributed by atoms with E-state index in [0.29, 0.717) is 6.54 Å². The Morgan fingerprint density at radius 2 is 1.47 bits per heavy atom. The molecule has 1 aromatic heterocycles. The van der Waals surface area contributed by atoms with Crippen LogP contribution in [0.15, 0.2) is 66.7 Å². The third-order valence-electron chi connectivity index (χ3n) is 4.89. The first-order chi connectivity index (χ1) is 15.4. The molecule has 0 saturated carbocycles. The molecule has 0 fully saturated rings. The van der Waals surface area contributed by atoms with E-state index in [2.05, 4.69) is 34.1 Å². The summed E-state index contributed by atoms with van der Waals surface area (Å²) < 4.78 is 30.1. The maximum Gasteiger partial charge on any atom is 0.118 e. The topological polar surface area (TPSA) is 128 Å². The van der Waals surface area contributed by atoms with Gasteiger partial charge in [0.2, 0.25) is 0 Å². The van der Waals surface area contributed by atoms with Gasteiger partial charge in [0.1, 0.15) is 11.5 Å². The zero-order valence-electron chi connectivity index (χ0n) is 17.9. The molecule has 4 N–H and O–H groups in total. The zero-order chi connectivity index (χ0) is 23.1. The van der Waals surface area contributed by atoms with Gasteiger partial charge in [-0.1, -0.05) is 24.3 Å². The summed E-state index contributed by atoms with van der Waals surface area (Å²) in [4.78, 5) is 0. The number of nitrogens with zero attached hydrogens (tertiary/aromatic N) is 2. The fourth-order valence-corrected chi connectivity index (χ4v) is 3.36. The fourth-order valence-electron chi connectivity index (χ4n) is 3.36. The van der Waals surface area contributed by atoms with E-state index in [4.69, 9.17) is 29.1 Å². The molecule has 32 heavy (non-hydrogen) atoms. The van der Waals surface area contributed by atoms with Crippen molar-refractivity contribution in [1.29, 1.82) is 0 Å². The number of ether oxygens (including phenoxy) is 2. The van der Waals surface area contributed by atoms with Crippen LogP contribution in [0.1, 0.15) is 16.8 Å². The Labute approximate surface area is 189 Å². The lowest BCUT2D eigenvalue weighted by molar-refractivity contribution is 0.414. The molecule has 0 saturated heterocycles. The van der Waals surface area contributed by atoms with Crippen LogP contribution in [0.25, 0.3) is 10.9 Å². The lowest BCUT2D eigenvalue weighted by Crippen LogP contribution is -2.07. The van der Waals surface area contributed by atoms with Crippen LogP contribution in [0.3, 0.4) is 0 Å². The molecule has 1 atom stereocenters. The van der Waals surface area contributed by atoms with Crippen LogP contribution in [0.2, 0.25) is 0 Å². The molecule has 0 amide bonds. The predicted octanol–water partition coefficient (Wildman–Crippen LogP) is 3.01. The second-order valence-corrected chi connectivity index (χ2v) is 7.54. The second kappa shape index (κ2) is 10.8. The van der Waals surface area contributed by atoms with Crippen molar-refractivity contribution >= 4 is 27.9 Å². The Morgan fingerprint density at radius 3 is 2.00 bits per heavy atom. The van der Waals surface area contributed by atoms with Gasteiger partial charge in [0, 0.05) is 28.8 Å². The van der Waals surface area contributed by atoms with E-state index in [1.54, 1.807) is 14.2 Å². The molecule has 168 valence electrons. The normalized spacial score (nSPS) is 11.5. The molecule has 0 aliphatic carbocycles. The van der Waals surface area contributed by atoms with E-state index in [1.165, 1.54) is 5.56 Å².